The molecule has 0 spiro atoms. The molecule has 1 heterocycles. The first-order valence-electron chi connectivity index (χ1n) is 6.40. The number of nitrogens with zero attached hydrogens (tertiary/aromatic N) is 1. The molecule has 4 nitrogen and oxygen atoms in total. The lowest BCUT2D eigenvalue weighted by Gasteiger charge is -2.36. The molecule has 1 rings (SSSR count). The van der Waals surface area contributed by atoms with Crippen molar-refractivity contribution in [3.8, 4) is 0 Å². The minimum atomic E-state index is -0.768. The van der Waals surface area contributed by atoms with E-state index in [0.717, 1.165) is 32.4 Å². The molecule has 100 valence electrons. The summed E-state index contributed by atoms with van der Waals surface area (Å²) in [6, 6.07) is 0.191. The molecule has 1 fully saturated rings. The molecule has 0 bridgehead atoms. The molecule has 0 aromatic rings. The van der Waals surface area contributed by atoms with E-state index in [2.05, 4.69) is 12.2 Å². The summed E-state index contributed by atoms with van der Waals surface area (Å²) in [7, 11) is -0.768. The quantitative estimate of drug-likeness (QED) is 0.766. The lowest BCUT2D eigenvalue weighted by molar-refractivity contribution is -0.138. The van der Waals surface area contributed by atoms with Crippen molar-refractivity contribution in [1.29, 1.82) is 0 Å². The molecule has 3 unspecified atom stereocenters. The molecule has 0 radical (unpaired) electrons. The molecule has 1 saturated heterocycles. The molecular weight excluding hydrogens is 236 g/mol. The summed E-state index contributed by atoms with van der Waals surface area (Å²) in [5, 5.41) is 3.23. The van der Waals surface area contributed by atoms with E-state index in [-0.39, 0.29) is 18.0 Å². The molecule has 17 heavy (non-hydrogen) atoms. The van der Waals surface area contributed by atoms with Crippen molar-refractivity contribution in [2.75, 3.05) is 25.1 Å². The van der Waals surface area contributed by atoms with Crippen LogP contribution in [0, 0.1) is 0 Å². The number of rotatable bonds is 6. The predicted octanol–water partition coefficient (Wildman–Crippen LogP) is 0.744. The average molecular weight is 260 g/mol. The van der Waals surface area contributed by atoms with Gasteiger partial charge in [0.1, 0.15) is 0 Å². The first-order valence-corrected chi connectivity index (χ1v) is 8.12. The van der Waals surface area contributed by atoms with Gasteiger partial charge in [-0.3, -0.25) is 9.00 Å². The van der Waals surface area contributed by atoms with Gasteiger partial charge in [0.25, 0.3) is 0 Å². The first kappa shape index (κ1) is 14.6. The number of amides is 1. The van der Waals surface area contributed by atoms with Gasteiger partial charge in [0.2, 0.25) is 5.91 Å². The summed E-state index contributed by atoms with van der Waals surface area (Å²) in [5.41, 5.74) is 0. The molecule has 1 aliphatic heterocycles. The van der Waals surface area contributed by atoms with Gasteiger partial charge in [-0.1, -0.05) is 6.92 Å². The Morgan fingerprint density at radius 1 is 1.59 bits per heavy atom. The highest BCUT2D eigenvalue weighted by molar-refractivity contribution is 7.84. The van der Waals surface area contributed by atoms with E-state index in [1.165, 1.54) is 0 Å². The summed E-state index contributed by atoms with van der Waals surface area (Å²) in [6.07, 6.45) is 4.54. The summed E-state index contributed by atoms with van der Waals surface area (Å²) >= 11 is 0. The number of piperidine rings is 1. The van der Waals surface area contributed by atoms with Crippen LogP contribution in [-0.4, -0.2) is 52.2 Å². The second-order valence-electron chi connectivity index (χ2n) is 4.70. The van der Waals surface area contributed by atoms with Crippen LogP contribution < -0.4 is 5.32 Å². The first-order chi connectivity index (χ1) is 8.06. The van der Waals surface area contributed by atoms with E-state index < -0.39 is 10.8 Å². The largest absolute Gasteiger partial charge is 0.339 e. The molecule has 1 amide bonds. The van der Waals surface area contributed by atoms with E-state index >= 15 is 0 Å². The van der Waals surface area contributed by atoms with Crippen molar-refractivity contribution in [3.05, 3.63) is 0 Å². The Bertz CT molecular complexity index is 282. The fourth-order valence-corrected chi connectivity index (χ4v) is 2.94. The van der Waals surface area contributed by atoms with Crippen LogP contribution in [0.2, 0.25) is 0 Å². The average Bonchev–Trinajstić information content (AvgIpc) is 2.29. The van der Waals surface area contributed by atoms with Crippen molar-refractivity contribution in [2.24, 2.45) is 0 Å². The Kier molecular flexibility index (Phi) is 6.12. The third-order valence-corrected chi connectivity index (χ3v) is 4.09. The van der Waals surface area contributed by atoms with Gasteiger partial charge in [-0.25, -0.2) is 0 Å². The van der Waals surface area contributed by atoms with E-state index in [1.807, 2.05) is 11.8 Å². The number of hydrogen-bond acceptors (Lipinski definition) is 3. The Balaban J connectivity index is 2.51. The molecule has 0 saturated carbocycles. The monoisotopic (exact) mass is 260 g/mol. The van der Waals surface area contributed by atoms with Gasteiger partial charge in [0, 0.05) is 35.4 Å². The van der Waals surface area contributed by atoms with Gasteiger partial charge in [-0.15, -0.1) is 0 Å². The van der Waals surface area contributed by atoms with Gasteiger partial charge >= 0.3 is 0 Å². The lowest BCUT2D eigenvalue weighted by atomic mass is 10.0. The smallest absolute Gasteiger partial charge is 0.239 e. The minimum absolute atomic E-state index is 0.0108. The van der Waals surface area contributed by atoms with Crippen LogP contribution in [0.25, 0.3) is 0 Å². The number of likely N-dealkylation sites (N-methyl/N-ethyl adjacent to an activating group) is 1. The van der Waals surface area contributed by atoms with E-state index in [9.17, 15) is 9.00 Å². The van der Waals surface area contributed by atoms with Crippen LogP contribution in [0.3, 0.4) is 0 Å². The number of hydrogen-bond donors (Lipinski definition) is 1. The summed E-state index contributed by atoms with van der Waals surface area (Å²) in [6.45, 7) is 5.75. The summed E-state index contributed by atoms with van der Waals surface area (Å²) in [5.74, 6) is 0.893. The fourth-order valence-electron chi connectivity index (χ4n) is 2.27. The molecule has 0 aromatic heterocycles. The van der Waals surface area contributed by atoms with Crippen molar-refractivity contribution in [1.82, 2.24) is 10.2 Å². The van der Waals surface area contributed by atoms with Crippen molar-refractivity contribution >= 4 is 16.7 Å². The number of carbonyl (C=O) groups excluding carboxylic acids is 1. The third kappa shape index (κ3) is 4.39. The predicted molar refractivity (Wildman–Crippen MR) is 71.4 cm³/mol. The molecule has 1 N–H and O–H groups in total. The molecule has 0 aliphatic carbocycles. The molecule has 3 atom stereocenters. The second-order valence-corrected chi connectivity index (χ2v) is 6.25. The number of carbonyl (C=O) groups is 1. The maximum Gasteiger partial charge on any atom is 0.239 e. The van der Waals surface area contributed by atoms with Crippen molar-refractivity contribution in [3.63, 3.8) is 0 Å². The Morgan fingerprint density at radius 3 is 2.88 bits per heavy atom. The number of likely N-dealkylation sites (tertiary alicyclic amines) is 1. The SMILES string of the molecule is CCNC1CCCN(C(C)CCS(C)=O)C1=O. The van der Waals surface area contributed by atoms with Crippen LogP contribution in [0.1, 0.15) is 33.1 Å². The molecule has 0 aromatic carbocycles. The second kappa shape index (κ2) is 7.11. The van der Waals surface area contributed by atoms with Crippen LogP contribution in [0.4, 0.5) is 0 Å². The van der Waals surface area contributed by atoms with Crippen LogP contribution in [0.15, 0.2) is 0 Å². The topological polar surface area (TPSA) is 49.4 Å². The van der Waals surface area contributed by atoms with Gasteiger partial charge in [-0.2, -0.15) is 0 Å². The zero-order valence-corrected chi connectivity index (χ0v) is 11.9. The van der Waals surface area contributed by atoms with Gasteiger partial charge in [-0.05, 0) is 32.7 Å². The molecule has 5 heteroatoms. The maximum atomic E-state index is 12.2. The Morgan fingerprint density at radius 2 is 2.29 bits per heavy atom. The van der Waals surface area contributed by atoms with Crippen LogP contribution >= 0.6 is 0 Å². The van der Waals surface area contributed by atoms with Gasteiger partial charge in [0.15, 0.2) is 0 Å². The van der Waals surface area contributed by atoms with Gasteiger partial charge < -0.3 is 10.2 Å². The lowest BCUT2D eigenvalue weighted by Crippen LogP contribution is -2.53. The normalized spacial score (nSPS) is 24.8. The van der Waals surface area contributed by atoms with E-state index in [1.54, 1.807) is 6.26 Å². The Hall–Kier alpha value is -0.420. The highest BCUT2D eigenvalue weighted by atomic mass is 32.2. The number of nitrogens with one attached hydrogen (secondary N) is 1. The molecule has 1 aliphatic rings. The van der Waals surface area contributed by atoms with Crippen LogP contribution in [-0.2, 0) is 15.6 Å². The highest BCUT2D eigenvalue weighted by Gasteiger charge is 2.30. The Labute approximate surface area is 107 Å². The van der Waals surface area contributed by atoms with Crippen molar-refractivity contribution in [2.45, 2.75) is 45.2 Å². The van der Waals surface area contributed by atoms with Crippen LogP contribution in [0.5, 0.6) is 0 Å². The standard InChI is InChI=1S/C12H24N2O2S/c1-4-13-11-6-5-8-14(12(11)15)10(2)7-9-17(3)16/h10-11,13H,4-9H2,1-3H3. The van der Waals surface area contributed by atoms with Crippen molar-refractivity contribution < 1.29 is 9.00 Å². The zero-order chi connectivity index (χ0) is 12.8. The van der Waals surface area contributed by atoms with E-state index in [0.29, 0.717) is 5.75 Å². The fraction of sp³-hybridized carbons (Fsp3) is 0.917. The van der Waals surface area contributed by atoms with Gasteiger partial charge in [0.05, 0.1) is 6.04 Å². The molecular formula is C12H24N2O2S. The summed E-state index contributed by atoms with van der Waals surface area (Å²) < 4.78 is 11.1. The zero-order valence-electron chi connectivity index (χ0n) is 11.1. The summed E-state index contributed by atoms with van der Waals surface area (Å²) in [4.78, 5) is 14.1. The third-order valence-electron chi connectivity index (χ3n) is 3.28. The highest BCUT2D eigenvalue weighted by Crippen LogP contribution is 2.16. The van der Waals surface area contributed by atoms with E-state index in [4.69, 9.17) is 0 Å². The maximum absolute atomic E-state index is 12.2. The minimum Gasteiger partial charge on any atom is -0.339 e.